The van der Waals surface area contributed by atoms with Crippen molar-refractivity contribution >= 4 is 13.7 Å². The van der Waals surface area contributed by atoms with Gasteiger partial charge in [-0.3, -0.25) is 0 Å². The first-order chi connectivity index (χ1) is 2.41. The molecule has 0 spiro atoms. The zero-order chi connectivity index (χ0) is 4.12. The molecule has 0 saturated heterocycles. The molecule has 0 atom stereocenters. The maximum absolute atomic E-state index is 9.06. The predicted molar refractivity (Wildman–Crippen MR) is 15.6 cm³/mol. The van der Waals surface area contributed by atoms with E-state index in [0.717, 1.165) is 0 Å². The van der Waals surface area contributed by atoms with E-state index >= 15 is 0 Å². The average molecular weight is 70.8 g/mol. The summed E-state index contributed by atoms with van der Waals surface area (Å²) in [7, 11) is 0.312. The topological polar surface area (TPSA) is 46.2 Å². The van der Waals surface area contributed by atoms with E-state index in [4.69, 9.17) is 9.50 Å². The zero-order valence-electron chi connectivity index (χ0n) is 2.47. The van der Waals surface area contributed by atoms with Crippen LogP contribution >= 0.6 is 0 Å². The van der Waals surface area contributed by atoms with E-state index in [1.54, 1.807) is 5.23 Å². The second-order valence-electron chi connectivity index (χ2n) is 0.402. The van der Waals surface area contributed by atoms with E-state index in [1.165, 1.54) is 0 Å². The fraction of sp³-hybridized carbons (Fsp3) is 0. The molecule has 0 fully saturated rings. The van der Waals surface area contributed by atoms with Crippen LogP contribution in [0.1, 0.15) is 0 Å². The van der Waals surface area contributed by atoms with E-state index in [9.17, 15) is 0 Å². The number of amides is 1. The molecule has 0 aromatic heterocycles. The molecular formula is CH2BNO2. The molecule has 0 aliphatic rings. The van der Waals surface area contributed by atoms with Crippen LogP contribution < -0.4 is 5.23 Å². The van der Waals surface area contributed by atoms with Crippen molar-refractivity contribution < 1.29 is 9.50 Å². The van der Waals surface area contributed by atoms with Crippen molar-refractivity contribution in [1.29, 1.82) is 0 Å². The first-order valence-electron chi connectivity index (χ1n) is 1.05. The minimum absolute atomic E-state index is 0.312. The first kappa shape index (κ1) is 4.33. The third-order valence-electron chi connectivity index (χ3n) is 0.136. The Morgan fingerprint density at radius 3 is 2.40 bits per heavy atom. The summed E-state index contributed by atoms with van der Waals surface area (Å²) in [5.74, 6) is 0. The van der Waals surface area contributed by atoms with Gasteiger partial charge in [0.05, 0.1) is 0 Å². The quantitative estimate of drug-likeness (QED) is 0.324. The predicted octanol–water partition coefficient (Wildman–Crippen LogP) is -1.30. The molecule has 0 aliphatic heterocycles. The van der Waals surface area contributed by atoms with Gasteiger partial charge in [-0.1, -0.05) is 0 Å². The van der Waals surface area contributed by atoms with Crippen LogP contribution in [0, 0.1) is 0 Å². The Morgan fingerprint density at radius 1 is 1.80 bits per heavy atom. The third-order valence-corrected chi connectivity index (χ3v) is 0.136. The minimum atomic E-state index is 0.312. The van der Waals surface area contributed by atoms with Gasteiger partial charge in [0.2, 0.25) is 0 Å². The van der Waals surface area contributed by atoms with Gasteiger partial charge in [0.1, 0.15) is 0 Å². The van der Waals surface area contributed by atoms with Crippen LogP contribution in [0.25, 0.3) is 0 Å². The van der Waals surface area contributed by atoms with Crippen LogP contribution in [0.5, 0.6) is 0 Å². The molecule has 0 heterocycles. The summed E-state index contributed by atoms with van der Waals surface area (Å²) in [6.07, 6.45) is 0.312. The Bertz CT molecular complexity index is 38.9. The van der Waals surface area contributed by atoms with E-state index in [2.05, 4.69) is 0 Å². The summed E-state index contributed by atoms with van der Waals surface area (Å²) in [6, 6.07) is 0. The van der Waals surface area contributed by atoms with Crippen LogP contribution in [-0.4, -0.2) is 13.7 Å². The zero-order valence-corrected chi connectivity index (χ0v) is 2.47. The SMILES string of the molecule is O=BNC=O. The Labute approximate surface area is 29.6 Å². The van der Waals surface area contributed by atoms with Gasteiger partial charge in [-0.2, -0.15) is 0 Å². The normalized spacial score (nSPS) is 4.80. The summed E-state index contributed by atoms with van der Waals surface area (Å²) in [4.78, 5) is 9.06. The van der Waals surface area contributed by atoms with Gasteiger partial charge < -0.3 is 0 Å². The van der Waals surface area contributed by atoms with Gasteiger partial charge in [0, 0.05) is 0 Å². The van der Waals surface area contributed by atoms with Crippen molar-refractivity contribution in [2.24, 2.45) is 0 Å². The molecule has 0 aromatic rings. The first-order valence-corrected chi connectivity index (χ1v) is 1.05. The summed E-state index contributed by atoms with van der Waals surface area (Å²) in [6.45, 7) is 0. The standard InChI is InChI=1S/CH2BNO2/c4-1-3-2-5/h1H,(H,3,4). The number of carbonyl (C=O) groups is 1. The van der Waals surface area contributed by atoms with Crippen LogP contribution in [0.3, 0.4) is 0 Å². The van der Waals surface area contributed by atoms with Crippen molar-refractivity contribution in [1.82, 2.24) is 5.23 Å². The molecule has 0 radical (unpaired) electrons. The van der Waals surface area contributed by atoms with Gasteiger partial charge in [0.15, 0.2) is 0 Å². The summed E-state index contributed by atoms with van der Waals surface area (Å²) < 4.78 is 9.06. The summed E-state index contributed by atoms with van der Waals surface area (Å²) in [5, 5.41) is 1.75. The molecule has 1 amide bonds. The molecule has 0 aromatic carbocycles. The van der Waals surface area contributed by atoms with E-state index in [0.29, 0.717) is 13.7 Å². The fourth-order valence-electron chi connectivity index (χ4n) is 0.0278. The van der Waals surface area contributed by atoms with Crippen molar-refractivity contribution in [3.05, 3.63) is 0 Å². The van der Waals surface area contributed by atoms with Crippen LogP contribution in [-0.2, 0) is 9.50 Å². The number of carbonyl (C=O) groups excluding carboxylic acids is 1. The van der Waals surface area contributed by atoms with Gasteiger partial charge in [-0.15, -0.1) is 0 Å². The van der Waals surface area contributed by atoms with E-state index < -0.39 is 0 Å². The van der Waals surface area contributed by atoms with Gasteiger partial charge in [-0.05, 0) is 0 Å². The second-order valence-corrected chi connectivity index (χ2v) is 0.402. The van der Waals surface area contributed by atoms with E-state index in [-0.39, 0.29) is 0 Å². The summed E-state index contributed by atoms with van der Waals surface area (Å²) in [5.41, 5.74) is 0. The van der Waals surface area contributed by atoms with Crippen molar-refractivity contribution in [3.63, 3.8) is 0 Å². The Kier molecular flexibility index (Phi) is 2.89. The third kappa shape index (κ3) is 3.33. The van der Waals surface area contributed by atoms with Crippen molar-refractivity contribution in [3.8, 4) is 0 Å². The Hall–Kier alpha value is -0.665. The number of rotatable bonds is 2. The molecule has 0 unspecified atom stereocenters. The molecule has 5 heavy (non-hydrogen) atoms. The monoisotopic (exact) mass is 71.0 g/mol. The fourth-order valence-corrected chi connectivity index (χ4v) is 0.0278. The molecule has 4 heteroatoms. The van der Waals surface area contributed by atoms with Crippen molar-refractivity contribution in [2.45, 2.75) is 0 Å². The molecule has 0 bridgehead atoms. The second kappa shape index (κ2) is 3.33. The Morgan fingerprint density at radius 2 is 2.40 bits per heavy atom. The van der Waals surface area contributed by atoms with Gasteiger partial charge in [0.25, 0.3) is 0 Å². The Balaban J connectivity index is 2.65. The number of hydrogen-bond donors (Lipinski definition) is 1. The van der Waals surface area contributed by atoms with Crippen molar-refractivity contribution in [2.75, 3.05) is 0 Å². The number of hydrogen-bond acceptors (Lipinski definition) is 2. The molecular weight excluding hydrogens is 68.8 g/mol. The van der Waals surface area contributed by atoms with Crippen LogP contribution in [0.2, 0.25) is 0 Å². The van der Waals surface area contributed by atoms with Gasteiger partial charge >= 0.3 is 28.4 Å². The van der Waals surface area contributed by atoms with Crippen LogP contribution in [0.4, 0.5) is 0 Å². The molecule has 0 aliphatic carbocycles. The summed E-state index contributed by atoms with van der Waals surface area (Å²) >= 11 is 0. The van der Waals surface area contributed by atoms with E-state index in [1.807, 2.05) is 0 Å². The molecule has 3 nitrogen and oxygen atoms in total. The maximum atomic E-state index is 9.06. The molecule has 0 rings (SSSR count). The molecule has 0 saturated carbocycles. The average Bonchev–Trinajstić information content (AvgIpc) is 1.41. The van der Waals surface area contributed by atoms with Crippen LogP contribution in [0.15, 0.2) is 0 Å². The van der Waals surface area contributed by atoms with Gasteiger partial charge in [-0.25, -0.2) is 0 Å². The number of nitrogens with one attached hydrogen (secondary N) is 1. The molecule has 26 valence electrons. The molecule has 1 N–H and O–H groups in total.